The molecule has 0 spiro atoms. The Bertz CT molecular complexity index is 762. The molecule has 2 aliphatic rings. The van der Waals surface area contributed by atoms with Gasteiger partial charge >= 0.3 is 0 Å². The van der Waals surface area contributed by atoms with Crippen molar-refractivity contribution in [3.63, 3.8) is 0 Å². The van der Waals surface area contributed by atoms with Crippen LogP contribution in [0.3, 0.4) is 0 Å². The Morgan fingerprint density at radius 3 is 2.44 bits per heavy atom. The molecule has 7 heteroatoms. The first-order valence-electron chi connectivity index (χ1n) is 9.41. The summed E-state index contributed by atoms with van der Waals surface area (Å²) in [6.07, 6.45) is 2.55. The minimum Gasteiger partial charge on any atom is -0.378 e. The topological polar surface area (TPSA) is 79.7 Å². The van der Waals surface area contributed by atoms with Crippen molar-refractivity contribution in [2.45, 2.75) is 31.3 Å². The lowest BCUT2D eigenvalue weighted by atomic mass is 10.0. The molecule has 2 heterocycles. The predicted octanol–water partition coefficient (Wildman–Crippen LogP) is 1.05. The molecule has 0 aromatic heterocycles. The summed E-state index contributed by atoms with van der Waals surface area (Å²) in [6, 6.07) is 7.41. The summed E-state index contributed by atoms with van der Waals surface area (Å²) in [6.45, 7) is 2.45. The first kappa shape index (κ1) is 19.2. The Morgan fingerprint density at radius 1 is 1.19 bits per heavy atom. The number of carbonyl (C=O) groups excluding carboxylic acids is 2. The number of likely N-dealkylation sites (N-methyl/N-ethyl adjacent to an activating group) is 1. The number of nitriles is 1. The third-order valence-corrected chi connectivity index (χ3v) is 5.53. The van der Waals surface area contributed by atoms with Gasteiger partial charge in [-0.1, -0.05) is 0 Å². The number of hydrogen-bond donors (Lipinski definition) is 1. The fraction of sp³-hybridized carbons (Fsp3) is 0.550. The quantitative estimate of drug-likeness (QED) is 0.858. The van der Waals surface area contributed by atoms with E-state index in [1.807, 2.05) is 26.0 Å². The number of anilines is 1. The van der Waals surface area contributed by atoms with Crippen LogP contribution in [0.5, 0.6) is 0 Å². The van der Waals surface area contributed by atoms with E-state index in [1.165, 1.54) is 0 Å². The van der Waals surface area contributed by atoms with E-state index in [4.69, 9.17) is 0 Å². The van der Waals surface area contributed by atoms with Crippen LogP contribution in [0.4, 0.5) is 5.69 Å². The molecule has 7 nitrogen and oxygen atoms in total. The Hall–Kier alpha value is -2.59. The molecule has 0 radical (unpaired) electrons. The van der Waals surface area contributed by atoms with Crippen LogP contribution in [0.15, 0.2) is 18.2 Å². The molecule has 2 saturated heterocycles. The van der Waals surface area contributed by atoms with Crippen molar-refractivity contribution in [3.8, 4) is 6.07 Å². The van der Waals surface area contributed by atoms with Gasteiger partial charge in [-0.2, -0.15) is 5.26 Å². The van der Waals surface area contributed by atoms with Crippen molar-refractivity contribution < 1.29 is 9.59 Å². The molecule has 0 saturated carbocycles. The van der Waals surface area contributed by atoms with E-state index in [2.05, 4.69) is 16.3 Å². The van der Waals surface area contributed by atoms with Gasteiger partial charge in [-0.3, -0.25) is 14.5 Å². The number of carbonyl (C=O) groups is 2. The molecule has 1 atom stereocenters. The predicted molar refractivity (Wildman–Crippen MR) is 104 cm³/mol. The van der Waals surface area contributed by atoms with Crippen molar-refractivity contribution in [2.75, 3.05) is 45.7 Å². The zero-order valence-corrected chi connectivity index (χ0v) is 16.2. The van der Waals surface area contributed by atoms with Gasteiger partial charge in [0.25, 0.3) is 5.91 Å². The largest absolute Gasteiger partial charge is 0.378 e. The molecule has 1 aromatic rings. The summed E-state index contributed by atoms with van der Waals surface area (Å²) in [5.41, 5.74) is 1.82. The van der Waals surface area contributed by atoms with E-state index in [0.717, 1.165) is 44.6 Å². The number of benzene rings is 1. The minimum atomic E-state index is -0.148. The van der Waals surface area contributed by atoms with E-state index in [-0.39, 0.29) is 23.9 Å². The lowest BCUT2D eigenvalue weighted by molar-refractivity contribution is -0.131. The molecule has 2 fully saturated rings. The summed E-state index contributed by atoms with van der Waals surface area (Å²) in [5.74, 6) is 0.0624. The summed E-state index contributed by atoms with van der Waals surface area (Å²) in [7, 11) is 5.62. The molecular weight excluding hydrogens is 342 g/mol. The standard InChI is InChI=1S/C20H27N5O2/c1-23(2)17-11-14(13-21)10-15(12-17)19(26)22-16-4-8-25(9-5-16)18-6-7-24(3)20(18)27/h10-12,16,18H,4-9H2,1-3H3,(H,22,26)/t18-/m0/s1. The van der Waals surface area contributed by atoms with Crippen LogP contribution in [-0.2, 0) is 4.79 Å². The van der Waals surface area contributed by atoms with Crippen molar-refractivity contribution in [1.82, 2.24) is 15.1 Å². The van der Waals surface area contributed by atoms with E-state index in [0.29, 0.717) is 11.1 Å². The van der Waals surface area contributed by atoms with E-state index < -0.39 is 0 Å². The Balaban J connectivity index is 1.59. The van der Waals surface area contributed by atoms with Crippen molar-refractivity contribution in [1.29, 1.82) is 5.26 Å². The van der Waals surface area contributed by atoms with E-state index in [9.17, 15) is 14.9 Å². The van der Waals surface area contributed by atoms with Gasteiger partial charge in [0, 0.05) is 58.1 Å². The molecule has 144 valence electrons. The number of piperidine rings is 1. The number of likely N-dealkylation sites (tertiary alicyclic amines) is 2. The van der Waals surface area contributed by atoms with Gasteiger partial charge in [-0.15, -0.1) is 0 Å². The van der Waals surface area contributed by atoms with Gasteiger partial charge < -0.3 is 15.1 Å². The third kappa shape index (κ3) is 4.22. The summed E-state index contributed by atoms with van der Waals surface area (Å²) < 4.78 is 0. The molecule has 0 bridgehead atoms. The van der Waals surface area contributed by atoms with Crippen LogP contribution < -0.4 is 10.2 Å². The zero-order valence-electron chi connectivity index (χ0n) is 16.2. The highest BCUT2D eigenvalue weighted by molar-refractivity contribution is 5.95. The zero-order chi connectivity index (χ0) is 19.6. The third-order valence-electron chi connectivity index (χ3n) is 5.53. The van der Waals surface area contributed by atoms with Gasteiger partial charge in [-0.05, 0) is 37.5 Å². The first-order chi connectivity index (χ1) is 12.9. The molecule has 1 aromatic carbocycles. The molecule has 0 aliphatic carbocycles. The Labute approximate surface area is 160 Å². The molecule has 3 rings (SSSR count). The van der Waals surface area contributed by atoms with E-state index in [1.54, 1.807) is 23.1 Å². The van der Waals surface area contributed by atoms with Gasteiger partial charge in [-0.25, -0.2) is 0 Å². The molecule has 1 N–H and O–H groups in total. The van der Waals surface area contributed by atoms with Crippen LogP contribution in [0.1, 0.15) is 35.2 Å². The van der Waals surface area contributed by atoms with Crippen LogP contribution in [-0.4, -0.2) is 74.5 Å². The fourth-order valence-electron chi connectivity index (χ4n) is 3.83. The van der Waals surface area contributed by atoms with Crippen LogP contribution in [0.25, 0.3) is 0 Å². The van der Waals surface area contributed by atoms with Gasteiger partial charge in [0.15, 0.2) is 0 Å². The SMILES string of the molecule is CN1CC[C@H](N2CCC(NC(=O)c3cc(C#N)cc(N(C)C)c3)CC2)C1=O. The monoisotopic (exact) mass is 369 g/mol. The number of rotatable bonds is 4. The second kappa shape index (κ2) is 7.97. The van der Waals surface area contributed by atoms with Gasteiger partial charge in [0.1, 0.15) is 0 Å². The smallest absolute Gasteiger partial charge is 0.251 e. The number of nitrogens with zero attached hydrogens (tertiary/aromatic N) is 4. The van der Waals surface area contributed by atoms with Crippen LogP contribution in [0, 0.1) is 11.3 Å². The summed E-state index contributed by atoms with van der Waals surface area (Å²) in [4.78, 5) is 30.8. The molecule has 2 aliphatic heterocycles. The maximum atomic E-state index is 12.7. The van der Waals surface area contributed by atoms with Crippen LogP contribution in [0.2, 0.25) is 0 Å². The average molecular weight is 369 g/mol. The fourth-order valence-corrected chi connectivity index (χ4v) is 3.83. The first-order valence-corrected chi connectivity index (χ1v) is 9.41. The lowest BCUT2D eigenvalue weighted by Crippen LogP contribution is -2.50. The van der Waals surface area contributed by atoms with Gasteiger partial charge in [0.2, 0.25) is 5.91 Å². The lowest BCUT2D eigenvalue weighted by Gasteiger charge is -2.35. The highest BCUT2D eigenvalue weighted by atomic mass is 16.2. The minimum absolute atomic E-state index is 0.00149. The second-order valence-electron chi connectivity index (χ2n) is 7.62. The normalized spacial score (nSPS) is 21.2. The number of nitrogens with one attached hydrogen (secondary N) is 1. The highest BCUT2D eigenvalue weighted by Crippen LogP contribution is 2.22. The molecule has 27 heavy (non-hydrogen) atoms. The summed E-state index contributed by atoms with van der Waals surface area (Å²) in [5, 5.41) is 12.3. The molecular formula is C20H27N5O2. The maximum Gasteiger partial charge on any atom is 0.251 e. The van der Waals surface area contributed by atoms with Crippen LogP contribution >= 0.6 is 0 Å². The highest BCUT2D eigenvalue weighted by Gasteiger charge is 2.35. The Kier molecular flexibility index (Phi) is 5.66. The second-order valence-corrected chi connectivity index (χ2v) is 7.62. The Morgan fingerprint density at radius 2 is 1.89 bits per heavy atom. The molecule has 2 amide bonds. The molecule has 0 unspecified atom stereocenters. The number of hydrogen-bond acceptors (Lipinski definition) is 5. The maximum absolute atomic E-state index is 12.7. The van der Waals surface area contributed by atoms with E-state index >= 15 is 0 Å². The van der Waals surface area contributed by atoms with Crippen molar-refractivity contribution in [2.24, 2.45) is 0 Å². The average Bonchev–Trinajstić information content (AvgIpc) is 3.00. The van der Waals surface area contributed by atoms with Gasteiger partial charge in [0.05, 0.1) is 17.7 Å². The van der Waals surface area contributed by atoms with Crippen molar-refractivity contribution in [3.05, 3.63) is 29.3 Å². The summed E-state index contributed by atoms with van der Waals surface area (Å²) >= 11 is 0. The van der Waals surface area contributed by atoms with Crippen molar-refractivity contribution >= 4 is 17.5 Å². The number of amides is 2.